The zero-order chi connectivity index (χ0) is 20.5. The molecule has 0 aliphatic rings. The van der Waals surface area contributed by atoms with Crippen molar-refractivity contribution in [3.05, 3.63) is 54.0 Å². The van der Waals surface area contributed by atoms with E-state index in [2.05, 4.69) is 5.32 Å². The number of benzene rings is 1. The number of rotatable bonds is 7. The van der Waals surface area contributed by atoms with Gasteiger partial charge in [-0.2, -0.15) is 4.31 Å². The minimum absolute atomic E-state index is 0.111. The molecule has 0 saturated carbocycles. The fraction of sp³-hybridized carbons (Fsp3) is 0.350. The highest BCUT2D eigenvalue weighted by molar-refractivity contribution is 7.89. The number of carbonyl (C=O) groups is 1. The summed E-state index contributed by atoms with van der Waals surface area (Å²) in [6.45, 7) is 6.14. The summed E-state index contributed by atoms with van der Waals surface area (Å²) >= 11 is 0. The highest BCUT2D eigenvalue weighted by Gasteiger charge is 2.26. The first kappa shape index (κ1) is 20.2. The van der Waals surface area contributed by atoms with Crippen LogP contribution in [-0.2, 0) is 17.1 Å². The second-order valence-corrected chi connectivity index (χ2v) is 8.58. The predicted octanol–water partition coefficient (Wildman–Crippen LogP) is 3.29. The number of carbonyl (C=O) groups excluding carboxylic acids is 1. The van der Waals surface area contributed by atoms with Crippen molar-refractivity contribution in [3.8, 4) is 0 Å². The van der Waals surface area contributed by atoms with Gasteiger partial charge in [0.2, 0.25) is 10.0 Å². The number of nitrogens with one attached hydrogen (secondary N) is 1. The Kier molecular flexibility index (Phi) is 5.62. The lowest BCUT2D eigenvalue weighted by Gasteiger charge is -2.17. The second-order valence-electron chi connectivity index (χ2n) is 6.64. The topological polar surface area (TPSA) is 84.6 Å². The molecule has 0 aliphatic carbocycles. The number of sulfonamides is 1. The first-order valence-corrected chi connectivity index (χ1v) is 10.7. The third kappa shape index (κ3) is 3.70. The molecule has 0 radical (unpaired) electrons. The fourth-order valence-electron chi connectivity index (χ4n) is 3.17. The van der Waals surface area contributed by atoms with Crippen molar-refractivity contribution in [2.24, 2.45) is 7.05 Å². The summed E-state index contributed by atoms with van der Waals surface area (Å²) in [4.78, 5) is 12.8. The Labute approximate surface area is 165 Å². The lowest BCUT2D eigenvalue weighted by molar-refractivity contribution is 0.0927. The van der Waals surface area contributed by atoms with E-state index in [1.54, 1.807) is 20.9 Å². The molecule has 3 aromatic rings. The Balaban J connectivity index is 1.82. The summed E-state index contributed by atoms with van der Waals surface area (Å²) in [6, 6.07) is 10.6. The van der Waals surface area contributed by atoms with E-state index in [0.717, 1.165) is 11.0 Å². The molecule has 0 fully saturated rings. The number of furan rings is 1. The van der Waals surface area contributed by atoms with E-state index in [1.165, 1.54) is 21.1 Å². The van der Waals surface area contributed by atoms with Crippen molar-refractivity contribution in [1.29, 1.82) is 0 Å². The Morgan fingerprint density at radius 2 is 1.89 bits per heavy atom. The highest BCUT2D eigenvalue weighted by Crippen LogP contribution is 2.24. The maximum absolute atomic E-state index is 12.7. The predicted molar refractivity (Wildman–Crippen MR) is 108 cm³/mol. The normalized spacial score (nSPS) is 13.2. The number of fused-ring (bicyclic) bond motifs is 1. The van der Waals surface area contributed by atoms with Gasteiger partial charge in [0, 0.05) is 31.7 Å². The van der Waals surface area contributed by atoms with Crippen LogP contribution in [0.5, 0.6) is 0 Å². The number of hydrogen-bond acceptors (Lipinski definition) is 4. The molecule has 1 aromatic carbocycles. The summed E-state index contributed by atoms with van der Waals surface area (Å²) in [5.41, 5.74) is 1.03. The van der Waals surface area contributed by atoms with Gasteiger partial charge in [-0.05, 0) is 25.1 Å². The first-order valence-electron chi connectivity index (χ1n) is 9.23. The maximum atomic E-state index is 12.7. The Hall–Kier alpha value is -2.58. The van der Waals surface area contributed by atoms with Crippen molar-refractivity contribution in [2.45, 2.75) is 31.7 Å². The average Bonchev–Trinajstić information content (AvgIpc) is 3.26. The number of amides is 1. The second kappa shape index (κ2) is 7.81. The molecule has 1 atom stereocenters. The zero-order valence-corrected chi connectivity index (χ0v) is 17.3. The third-order valence-corrected chi connectivity index (χ3v) is 6.79. The third-order valence-electron chi connectivity index (χ3n) is 4.77. The standard InChI is InChI=1S/C20H25N3O4S/c1-5-23(6-2)28(25,26)16-12-17(22(4)13-16)20(24)21-14(3)19-11-15-9-7-8-10-18(15)27-19/h7-14H,5-6H2,1-4H3,(H,21,24). The number of hydrogen-bond donors (Lipinski definition) is 1. The summed E-state index contributed by atoms with van der Waals surface area (Å²) in [5, 5.41) is 3.84. The quantitative estimate of drug-likeness (QED) is 0.656. The molecule has 1 unspecified atom stereocenters. The lowest BCUT2D eigenvalue weighted by atomic mass is 10.2. The van der Waals surface area contributed by atoms with Gasteiger partial charge in [0.25, 0.3) is 5.91 Å². The fourth-order valence-corrected chi connectivity index (χ4v) is 4.70. The monoisotopic (exact) mass is 403 g/mol. The van der Waals surface area contributed by atoms with E-state index in [9.17, 15) is 13.2 Å². The van der Waals surface area contributed by atoms with Crippen molar-refractivity contribution in [3.63, 3.8) is 0 Å². The van der Waals surface area contributed by atoms with E-state index in [1.807, 2.05) is 37.3 Å². The SMILES string of the molecule is CCN(CC)S(=O)(=O)c1cc(C(=O)NC(C)c2cc3ccccc3o2)n(C)c1. The summed E-state index contributed by atoms with van der Waals surface area (Å²) < 4.78 is 34.1. The van der Waals surface area contributed by atoms with Gasteiger partial charge in [0.15, 0.2) is 0 Å². The molecular formula is C20H25N3O4S. The van der Waals surface area contributed by atoms with Crippen molar-refractivity contribution in [1.82, 2.24) is 14.2 Å². The maximum Gasteiger partial charge on any atom is 0.268 e. The van der Waals surface area contributed by atoms with E-state index in [0.29, 0.717) is 18.8 Å². The van der Waals surface area contributed by atoms with E-state index in [-0.39, 0.29) is 22.5 Å². The van der Waals surface area contributed by atoms with Crippen LogP contribution in [0.3, 0.4) is 0 Å². The van der Waals surface area contributed by atoms with Gasteiger partial charge in [0.1, 0.15) is 21.9 Å². The largest absolute Gasteiger partial charge is 0.459 e. The lowest BCUT2D eigenvalue weighted by Crippen LogP contribution is -2.30. The smallest absolute Gasteiger partial charge is 0.268 e. The van der Waals surface area contributed by atoms with Crippen LogP contribution in [0, 0.1) is 0 Å². The molecule has 28 heavy (non-hydrogen) atoms. The van der Waals surface area contributed by atoms with Gasteiger partial charge in [-0.15, -0.1) is 0 Å². The summed E-state index contributed by atoms with van der Waals surface area (Å²) in [5.74, 6) is 0.274. The van der Waals surface area contributed by atoms with Gasteiger partial charge < -0.3 is 14.3 Å². The van der Waals surface area contributed by atoms with Crippen LogP contribution < -0.4 is 5.32 Å². The number of aromatic nitrogens is 1. The van der Waals surface area contributed by atoms with Crippen LogP contribution in [-0.4, -0.2) is 36.3 Å². The van der Waals surface area contributed by atoms with Gasteiger partial charge in [0.05, 0.1) is 6.04 Å². The molecule has 0 saturated heterocycles. The van der Waals surface area contributed by atoms with Crippen LogP contribution in [0.2, 0.25) is 0 Å². The molecule has 2 heterocycles. The van der Waals surface area contributed by atoms with E-state index >= 15 is 0 Å². The summed E-state index contributed by atoms with van der Waals surface area (Å²) in [6.07, 6.45) is 1.47. The molecule has 150 valence electrons. The molecule has 0 aliphatic heterocycles. The van der Waals surface area contributed by atoms with Gasteiger partial charge in [-0.3, -0.25) is 4.79 Å². The molecule has 7 nitrogen and oxygen atoms in total. The van der Waals surface area contributed by atoms with Crippen molar-refractivity contribution < 1.29 is 17.6 Å². The van der Waals surface area contributed by atoms with Crippen LogP contribution in [0.25, 0.3) is 11.0 Å². The summed E-state index contributed by atoms with van der Waals surface area (Å²) in [7, 11) is -1.97. The van der Waals surface area contributed by atoms with Crippen molar-refractivity contribution >= 4 is 26.9 Å². The zero-order valence-electron chi connectivity index (χ0n) is 16.5. The molecule has 1 N–H and O–H groups in total. The van der Waals surface area contributed by atoms with Gasteiger partial charge >= 0.3 is 0 Å². The molecule has 3 rings (SSSR count). The average molecular weight is 404 g/mol. The van der Waals surface area contributed by atoms with Crippen LogP contribution in [0.15, 0.2) is 51.9 Å². The minimum Gasteiger partial charge on any atom is -0.459 e. The molecule has 0 spiro atoms. The molecule has 8 heteroatoms. The van der Waals surface area contributed by atoms with Crippen LogP contribution in [0.4, 0.5) is 0 Å². The molecule has 2 aromatic heterocycles. The minimum atomic E-state index is -3.62. The molecule has 1 amide bonds. The molecular weight excluding hydrogens is 378 g/mol. The Bertz CT molecular complexity index is 1060. The Morgan fingerprint density at radius 3 is 2.54 bits per heavy atom. The number of para-hydroxylation sites is 1. The van der Waals surface area contributed by atoms with E-state index < -0.39 is 10.0 Å². The van der Waals surface area contributed by atoms with Crippen molar-refractivity contribution in [2.75, 3.05) is 13.1 Å². The van der Waals surface area contributed by atoms with Crippen LogP contribution in [0.1, 0.15) is 43.1 Å². The first-order chi connectivity index (χ1) is 13.3. The molecule has 0 bridgehead atoms. The van der Waals surface area contributed by atoms with E-state index in [4.69, 9.17) is 4.42 Å². The van der Waals surface area contributed by atoms with Gasteiger partial charge in [-0.1, -0.05) is 32.0 Å². The van der Waals surface area contributed by atoms with Gasteiger partial charge in [-0.25, -0.2) is 8.42 Å². The highest BCUT2D eigenvalue weighted by atomic mass is 32.2. The van der Waals surface area contributed by atoms with Crippen LogP contribution >= 0.6 is 0 Å². The Morgan fingerprint density at radius 1 is 1.21 bits per heavy atom. The number of aryl methyl sites for hydroxylation is 1. The number of nitrogens with zero attached hydrogens (tertiary/aromatic N) is 2.